The maximum absolute atomic E-state index is 10.5. The Balaban J connectivity index is 3.12. The number of thiophene rings is 1. The topological polar surface area (TPSA) is 37.3 Å². The van der Waals surface area contributed by atoms with Crippen LogP contribution in [0, 0.1) is 6.92 Å². The van der Waals surface area contributed by atoms with Crippen molar-refractivity contribution < 1.29 is 9.90 Å². The third-order valence-corrected chi connectivity index (χ3v) is 3.87. The average molecular weight is 247 g/mol. The number of carbonyl (C=O) groups is 1. The minimum Gasteiger partial charge on any atom is -0.478 e. The summed E-state index contributed by atoms with van der Waals surface area (Å²) in [5, 5.41) is 10.6. The zero-order chi connectivity index (χ0) is 9.30. The van der Waals surface area contributed by atoms with Crippen LogP contribution >= 0.6 is 27.3 Å². The summed E-state index contributed by atoms with van der Waals surface area (Å²) in [6.45, 7) is 5.40. The van der Waals surface area contributed by atoms with Gasteiger partial charge in [0.05, 0.1) is 10.5 Å². The van der Waals surface area contributed by atoms with Crippen LogP contribution in [0.15, 0.2) is 16.4 Å². The Bertz CT molecular complexity index is 341. The second kappa shape index (κ2) is 3.41. The van der Waals surface area contributed by atoms with Crippen LogP contribution in [0.3, 0.4) is 0 Å². The van der Waals surface area contributed by atoms with Gasteiger partial charge in [0.25, 0.3) is 0 Å². The smallest absolute Gasteiger partial charge is 0.336 e. The molecule has 1 N–H and O–H groups in total. The van der Waals surface area contributed by atoms with Crippen molar-refractivity contribution in [2.45, 2.75) is 6.92 Å². The van der Waals surface area contributed by atoms with E-state index in [1.165, 1.54) is 11.3 Å². The van der Waals surface area contributed by atoms with Crippen LogP contribution in [-0.4, -0.2) is 11.1 Å². The molecule has 64 valence electrons. The Morgan fingerprint density at radius 2 is 2.33 bits per heavy atom. The maximum Gasteiger partial charge on any atom is 0.336 e. The summed E-state index contributed by atoms with van der Waals surface area (Å²) in [5.74, 6) is -0.974. The van der Waals surface area contributed by atoms with Gasteiger partial charge in [-0.2, -0.15) is 0 Å². The van der Waals surface area contributed by atoms with Crippen LogP contribution < -0.4 is 0 Å². The van der Waals surface area contributed by atoms with Gasteiger partial charge < -0.3 is 5.11 Å². The van der Waals surface area contributed by atoms with Gasteiger partial charge in [-0.25, -0.2) is 4.79 Å². The molecule has 12 heavy (non-hydrogen) atoms. The van der Waals surface area contributed by atoms with E-state index >= 15 is 0 Å². The molecule has 2 nitrogen and oxygen atoms in total. The summed E-state index contributed by atoms with van der Waals surface area (Å²) in [7, 11) is 0. The molecule has 0 amide bonds. The number of carboxylic acids is 1. The van der Waals surface area contributed by atoms with Gasteiger partial charge in [-0.05, 0) is 33.8 Å². The van der Waals surface area contributed by atoms with Crippen molar-refractivity contribution in [2.75, 3.05) is 0 Å². The lowest BCUT2D eigenvalue weighted by atomic mass is 10.2. The highest BCUT2D eigenvalue weighted by Crippen LogP contribution is 2.32. The summed E-state index contributed by atoms with van der Waals surface area (Å²) >= 11 is 4.69. The average Bonchev–Trinajstić information content (AvgIpc) is 2.32. The lowest BCUT2D eigenvalue weighted by molar-refractivity contribution is -0.130. The number of halogens is 1. The molecule has 0 radical (unpaired) electrons. The van der Waals surface area contributed by atoms with E-state index in [9.17, 15) is 4.79 Å². The molecular formula is C8H7BrO2S. The molecular weight excluding hydrogens is 240 g/mol. The molecule has 0 unspecified atom stereocenters. The van der Waals surface area contributed by atoms with E-state index in [1.54, 1.807) is 0 Å². The highest BCUT2D eigenvalue weighted by Gasteiger charge is 2.13. The third kappa shape index (κ3) is 1.59. The Labute approximate surface area is 82.7 Å². The van der Waals surface area contributed by atoms with Crippen molar-refractivity contribution in [1.82, 2.24) is 0 Å². The van der Waals surface area contributed by atoms with Gasteiger partial charge in [0.2, 0.25) is 0 Å². The first-order valence-electron chi connectivity index (χ1n) is 3.20. The molecule has 0 spiro atoms. The van der Waals surface area contributed by atoms with Gasteiger partial charge in [0.1, 0.15) is 0 Å². The molecule has 0 aliphatic heterocycles. The highest BCUT2D eigenvalue weighted by atomic mass is 79.9. The van der Waals surface area contributed by atoms with Gasteiger partial charge in [-0.15, -0.1) is 11.3 Å². The molecule has 1 aromatic rings. The lowest BCUT2D eigenvalue weighted by Gasteiger charge is -1.96. The Morgan fingerprint density at radius 1 is 1.75 bits per heavy atom. The zero-order valence-electron chi connectivity index (χ0n) is 6.43. The van der Waals surface area contributed by atoms with Gasteiger partial charge in [-0.1, -0.05) is 6.58 Å². The van der Waals surface area contributed by atoms with E-state index in [1.807, 2.05) is 12.3 Å². The first kappa shape index (κ1) is 9.48. The molecule has 0 aromatic carbocycles. The molecule has 1 aromatic heterocycles. The van der Waals surface area contributed by atoms with Crippen molar-refractivity contribution in [3.63, 3.8) is 0 Å². The Hall–Kier alpha value is -0.610. The standard InChI is InChI=1S/C8H7BrO2S/c1-4-3-12-7(6(4)9)5(2)8(10)11/h3H,2H2,1H3,(H,10,11). The minimum absolute atomic E-state index is 0.139. The van der Waals surface area contributed by atoms with Crippen LogP contribution in [0.1, 0.15) is 10.4 Å². The van der Waals surface area contributed by atoms with Crippen molar-refractivity contribution in [3.8, 4) is 0 Å². The fourth-order valence-electron chi connectivity index (χ4n) is 0.731. The Kier molecular flexibility index (Phi) is 2.69. The number of aliphatic carboxylic acids is 1. The van der Waals surface area contributed by atoms with E-state index in [2.05, 4.69) is 22.5 Å². The molecule has 4 heteroatoms. The van der Waals surface area contributed by atoms with E-state index in [0.717, 1.165) is 10.0 Å². The summed E-state index contributed by atoms with van der Waals surface area (Å²) in [6.07, 6.45) is 0. The fourth-order valence-corrected chi connectivity index (χ4v) is 2.42. The van der Waals surface area contributed by atoms with E-state index in [0.29, 0.717) is 4.88 Å². The third-order valence-electron chi connectivity index (χ3n) is 1.43. The largest absolute Gasteiger partial charge is 0.478 e. The minimum atomic E-state index is -0.974. The molecule has 0 aliphatic carbocycles. The summed E-state index contributed by atoms with van der Waals surface area (Å²) < 4.78 is 0.833. The van der Waals surface area contributed by atoms with Crippen molar-refractivity contribution in [3.05, 3.63) is 26.9 Å². The number of rotatable bonds is 2. The van der Waals surface area contributed by atoms with Crippen LogP contribution in [0.25, 0.3) is 5.57 Å². The number of hydrogen-bond acceptors (Lipinski definition) is 2. The number of hydrogen-bond donors (Lipinski definition) is 1. The SMILES string of the molecule is C=C(C(=O)O)c1scc(C)c1Br. The maximum atomic E-state index is 10.5. The van der Waals surface area contributed by atoms with Crippen LogP contribution in [-0.2, 0) is 4.79 Å². The molecule has 0 fully saturated rings. The van der Waals surface area contributed by atoms with Crippen LogP contribution in [0.5, 0.6) is 0 Å². The van der Waals surface area contributed by atoms with Gasteiger partial charge in [0, 0.05) is 4.47 Å². The monoisotopic (exact) mass is 246 g/mol. The normalized spacial score (nSPS) is 9.83. The van der Waals surface area contributed by atoms with Gasteiger partial charge >= 0.3 is 5.97 Å². The lowest BCUT2D eigenvalue weighted by Crippen LogP contribution is -1.96. The first-order valence-corrected chi connectivity index (χ1v) is 4.87. The number of carboxylic acid groups (broad SMARTS) is 1. The van der Waals surface area contributed by atoms with Gasteiger partial charge in [0.15, 0.2) is 0 Å². The summed E-state index contributed by atoms with van der Waals surface area (Å²) in [4.78, 5) is 11.2. The molecule has 0 saturated carbocycles. The van der Waals surface area contributed by atoms with E-state index in [4.69, 9.17) is 5.11 Å². The second-order valence-corrected chi connectivity index (χ2v) is 4.02. The van der Waals surface area contributed by atoms with Crippen LogP contribution in [0.2, 0.25) is 0 Å². The zero-order valence-corrected chi connectivity index (χ0v) is 8.83. The van der Waals surface area contributed by atoms with Crippen molar-refractivity contribution in [1.29, 1.82) is 0 Å². The highest BCUT2D eigenvalue weighted by molar-refractivity contribution is 9.10. The molecule has 1 rings (SSSR count). The molecule has 0 aliphatic rings. The number of aryl methyl sites for hydroxylation is 1. The molecule has 0 saturated heterocycles. The first-order chi connectivity index (χ1) is 5.54. The summed E-state index contributed by atoms with van der Waals surface area (Å²) in [6, 6.07) is 0. The summed E-state index contributed by atoms with van der Waals surface area (Å²) in [5.41, 5.74) is 1.18. The molecule has 0 atom stereocenters. The van der Waals surface area contributed by atoms with Crippen molar-refractivity contribution >= 4 is 38.8 Å². The van der Waals surface area contributed by atoms with E-state index < -0.39 is 5.97 Å². The molecule has 0 bridgehead atoms. The predicted molar refractivity (Wildman–Crippen MR) is 53.4 cm³/mol. The quantitative estimate of drug-likeness (QED) is 0.816. The van der Waals surface area contributed by atoms with Crippen LogP contribution in [0.4, 0.5) is 0 Å². The van der Waals surface area contributed by atoms with E-state index in [-0.39, 0.29) is 5.57 Å². The fraction of sp³-hybridized carbons (Fsp3) is 0.125. The van der Waals surface area contributed by atoms with Crippen molar-refractivity contribution in [2.24, 2.45) is 0 Å². The Morgan fingerprint density at radius 3 is 2.67 bits per heavy atom. The van der Waals surface area contributed by atoms with Gasteiger partial charge in [-0.3, -0.25) is 0 Å². The molecule has 1 heterocycles. The second-order valence-electron chi connectivity index (χ2n) is 2.35. The predicted octanol–water partition coefficient (Wildman–Crippen LogP) is 2.92.